The molecule has 2 aromatic carbocycles. The Morgan fingerprint density at radius 2 is 1.71 bits per heavy atom. The van der Waals surface area contributed by atoms with E-state index in [2.05, 4.69) is 44.5 Å². The fraction of sp³-hybridized carbons (Fsp3) is 0.536. The average molecular weight is 569 g/mol. The number of rotatable bonds is 11. The van der Waals surface area contributed by atoms with Crippen molar-refractivity contribution in [2.75, 3.05) is 13.2 Å². The van der Waals surface area contributed by atoms with Gasteiger partial charge in [0.25, 0.3) is 5.91 Å². The third kappa shape index (κ3) is 6.22. The van der Waals surface area contributed by atoms with Crippen molar-refractivity contribution in [3.63, 3.8) is 0 Å². The second-order valence-corrected chi connectivity index (χ2v) is 17.4. The lowest BCUT2D eigenvalue weighted by Gasteiger charge is -2.70. The van der Waals surface area contributed by atoms with E-state index in [1.165, 1.54) is 18.2 Å². The Kier molecular flexibility index (Phi) is 7.98. The Morgan fingerprint density at radius 3 is 2.32 bits per heavy atom. The number of nitrogens with one attached hydrogen (secondary N) is 2. The summed E-state index contributed by atoms with van der Waals surface area (Å²) < 4.78 is 53.1. The molecule has 0 aromatic heterocycles. The second kappa shape index (κ2) is 10.5. The average Bonchev–Trinajstić information content (AvgIpc) is 2.77. The Bertz CT molecular complexity index is 1180. The molecule has 5 nitrogen and oxygen atoms in total. The molecule has 2 bridgehead atoms. The molecule has 2 N–H and O–H groups in total. The van der Waals surface area contributed by atoms with E-state index in [9.17, 15) is 18.0 Å². The molecule has 0 aliphatic heterocycles. The molecule has 0 heterocycles. The van der Waals surface area contributed by atoms with Crippen LogP contribution in [0.2, 0.25) is 23.2 Å². The lowest BCUT2D eigenvalue weighted by atomic mass is 9.44. The first-order chi connectivity index (χ1) is 17.6. The van der Waals surface area contributed by atoms with Crippen molar-refractivity contribution in [3.8, 4) is 5.75 Å². The van der Waals surface area contributed by atoms with Gasteiger partial charge in [-0.1, -0.05) is 38.4 Å². The summed E-state index contributed by atoms with van der Waals surface area (Å²) >= 11 is 5.67. The Labute approximate surface area is 228 Å². The summed E-state index contributed by atoms with van der Waals surface area (Å²) in [4.78, 5) is 12.4. The van der Waals surface area contributed by atoms with Gasteiger partial charge in [0.1, 0.15) is 11.6 Å². The predicted octanol–water partition coefficient (Wildman–Crippen LogP) is 6.67. The number of halogens is 4. The van der Waals surface area contributed by atoms with Crippen LogP contribution in [0.1, 0.15) is 58.1 Å². The Balaban J connectivity index is 1.27. The minimum absolute atomic E-state index is 0.00355. The third-order valence-electron chi connectivity index (χ3n) is 8.16. The van der Waals surface area contributed by atoms with E-state index in [1.807, 2.05) is 0 Å². The number of ether oxygens (including phenoxy) is 1. The van der Waals surface area contributed by atoms with Gasteiger partial charge in [0, 0.05) is 17.1 Å². The number of carbonyl (C=O) groups excluding carboxylic acids is 1. The van der Waals surface area contributed by atoms with Gasteiger partial charge >= 0.3 is 0 Å². The van der Waals surface area contributed by atoms with Crippen molar-refractivity contribution >= 4 is 25.8 Å². The quantitative estimate of drug-likeness (QED) is 0.297. The molecular formula is C28H36ClF3N2O3Si. The second-order valence-electron chi connectivity index (χ2n) is 12.3. The Morgan fingerprint density at radius 1 is 1.03 bits per heavy atom. The predicted molar refractivity (Wildman–Crippen MR) is 144 cm³/mol. The molecule has 3 aliphatic rings. The van der Waals surface area contributed by atoms with Crippen LogP contribution in [-0.4, -0.2) is 38.5 Å². The van der Waals surface area contributed by atoms with E-state index in [-0.39, 0.29) is 45.5 Å². The lowest BCUT2D eigenvalue weighted by molar-refractivity contribution is -0.143. The van der Waals surface area contributed by atoms with Gasteiger partial charge in [0.15, 0.2) is 26.6 Å². The van der Waals surface area contributed by atoms with Crippen LogP contribution in [-0.2, 0) is 9.22 Å². The van der Waals surface area contributed by atoms with Crippen LogP contribution in [0.25, 0.3) is 0 Å². The van der Waals surface area contributed by atoms with E-state index in [1.54, 1.807) is 6.07 Å². The van der Waals surface area contributed by atoms with E-state index in [4.69, 9.17) is 20.8 Å². The highest BCUT2D eigenvalue weighted by Crippen LogP contribution is 2.60. The molecule has 5 rings (SSSR count). The molecule has 1 unspecified atom stereocenters. The largest absolute Gasteiger partial charge is 0.484 e. The smallest absolute Gasteiger partial charge is 0.258 e. The first-order valence-electron chi connectivity index (χ1n) is 12.9. The molecule has 0 saturated heterocycles. The lowest BCUT2D eigenvalue weighted by Crippen LogP contribution is -2.83. The number of amides is 1. The molecule has 38 heavy (non-hydrogen) atoms. The number of hydrogen-bond acceptors (Lipinski definition) is 4. The molecule has 0 radical (unpaired) electrons. The standard InChI is InChI=1S/C28H36ClF3N2O3Si/c1-26(2,3)38(4,5)37-24(18-6-9-21(30)23(32)12-18)10-11-33-27-15-28(16-27,17-27)34-25(35)14-36-19-7-8-20(29)22(31)13-19/h6-9,12-13,24,33H,10-11,14-17H2,1-5H3,(H,34,35). The third-order valence-corrected chi connectivity index (χ3v) is 13.0. The van der Waals surface area contributed by atoms with Gasteiger partial charge in [-0.25, -0.2) is 13.2 Å². The molecule has 2 aromatic rings. The molecule has 0 spiro atoms. The van der Waals surface area contributed by atoms with Crippen LogP contribution >= 0.6 is 11.6 Å². The zero-order valence-corrected chi connectivity index (χ0v) is 24.3. The van der Waals surface area contributed by atoms with E-state index < -0.39 is 25.8 Å². The van der Waals surface area contributed by atoms with Crippen molar-refractivity contribution in [1.29, 1.82) is 0 Å². The van der Waals surface area contributed by atoms with Gasteiger partial charge in [-0.05, 0) is 80.2 Å². The van der Waals surface area contributed by atoms with Crippen molar-refractivity contribution < 1.29 is 27.1 Å². The SMILES string of the molecule is CC(C)(C)[Si](C)(C)OC(CCNC12CC(NC(=O)COc3ccc(Cl)c(F)c3)(C1)C2)c1ccc(F)c(F)c1. The van der Waals surface area contributed by atoms with E-state index in [0.29, 0.717) is 18.5 Å². The fourth-order valence-electron chi connectivity index (χ4n) is 5.16. The highest BCUT2D eigenvalue weighted by molar-refractivity contribution is 6.74. The highest BCUT2D eigenvalue weighted by atomic mass is 35.5. The molecule has 208 valence electrons. The number of hydrogen-bond donors (Lipinski definition) is 2. The zero-order valence-electron chi connectivity index (χ0n) is 22.5. The molecule has 3 saturated carbocycles. The summed E-state index contributed by atoms with van der Waals surface area (Å²) in [5.74, 6) is -2.35. The highest BCUT2D eigenvalue weighted by Gasteiger charge is 2.68. The maximum absolute atomic E-state index is 14.0. The summed E-state index contributed by atoms with van der Waals surface area (Å²) in [6, 6.07) is 8.04. The van der Waals surface area contributed by atoms with Crippen LogP contribution in [0, 0.1) is 17.5 Å². The summed E-state index contributed by atoms with van der Waals surface area (Å²) in [6.45, 7) is 11.2. The normalized spacial score (nSPS) is 23.3. The molecule has 1 atom stereocenters. The fourth-order valence-corrected chi connectivity index (χ4v) is 6.60. The van der Waals surface area contributed by atoms with Crippen LogP contribution in [0.5, 0.6) is 5.75 Å². The minimum atomic E-state index is -2.16. The number of benzene rings is 2. The minimum Gasteiger partial charge on any atom is -0.484 e. The summed E-state index contributed by atoms with van der Waals surface area (Å²) in [5.41, 5.74) is 0.358. The van der Waals surface area contributed by atoms with Gasteiger partial charge in [-0.3, -0.25) is 4.79 Å². The van der Waals surface area contributed by atoms with Crippen molar-refractivity contribution in [2.24, 2.45) is 0 Å². The molecule has 1 amide bonds. The molecule has 3 aliphatic carbocycles. The van der Waals surface area contributed by atoms with Crippen LogP contribution < -0.4 is 15.4 Å². The van der Waals surface area contributed by atoms with Gasteiger partial charge in [0.2, 0.25) is 0 Å². The summed E-state index contributed by atoms with van der Waals surface area (Å²) in [5, 5.41) is 6.62. The monoisotopic (exact) mass is 568 g/mol. The van der Waals surface area contributed by atoms with Crippen molar-refractivity contribution in [2.45, 2.75) is 81.8 Å². The first kappa shape index (κ1) is 28.9. The van der Waals surface area contributed by atoms with Crippen LogP contribution in [0.4, 0.5) is 13.2 Å². The van der Waals surface area contributed by atoms with Gasteiger partial charge in [0.05, 0.1) is 11.1 Å². The zero-order chi connectivity index (χ0) is 27.9. The van der Waals surface area contributed by atoms with E-state index >= 15 is 0 Å². The Hall–Kier alpha value is -2.07. The number of carbonyl (C=O) groups is 1. The maximum Gasteiger partial charge on any atom is 0.258 e. The first-order valence-corrected chi connectivity index (χ1v) is 16.2. The molecule has 10 heteroatoms. The molecule has 3 fully saturated rings. The van der Waals surface area contributed by atoms with Crippen molar-refractivity contribution in [3.05, 3.63) is 64.4 Å². The van der Waals surface area contributed by atoms with Crippen molar-refractivity contribution in [1.82, 2.24) is 10.6 Å². The van der Waals surface area contributed by atoms with Gasteiger partial charge in [-0.15, -0.1) is 0 Å². The van der Waals surface area contributed by atoms with Gasteiger partial charge in [-0.2, -0.15) is 0 Å². The topological polar surface area (TPSA) is 59.6 Å². The molecular weight excluding hydrogens is 533 g/mol. The van der Waals surface area contributed by atoms with Crippen LogP contribution in [0.3, 0.4) is 0 Å². The maximum atomic E-state index is 14.0. The summed E-state index contributed by atoms with van der Waals surface area (Å²) in [6.07, 6.45) is 2.68. The van der Waals surface area contributed by atoms with Crippen LogP contribution in [0.15, 0.2) is 36.4 Å². The van der Waals surface area contributed by atoms with E-state index in [0.717, 1.165) is 31.4 Å². The summed E-state index contributed by atoms with van der Waals surface area (Å²) in [7, 11) is -2.16. The van der Waals surface area contributed by atoms with Gasteiger partial charge < -0.3 is 19.8 Å².